The summed E-state index contributed by atoms with van der Waals surface area (Å²) in [4.78, 5) is 12.2. The lowest BCUT2D eigenvalue weighted by Gasteiger charge is -2.36. The SMILES string of the molecule is O=C(NC1(CO)CCCCC1)c1cc(Cl)sc1Cl. The van der Waals surface area contributed by atoms with Crippen molar-refractivity contribution in [1.29, 1.82) is 0 Å². The molecule has 2 rings (SSSR count). The maximum absolute atomic E-state index is 12.2. The monoisotopic (exact) mass is 307 g/mol. The van der Waals surface area contributed by atoms with Crippen molar-refractivity contribution in [2.24, 2.45) is 0 Å². The highest BCUT2D eigenvalue weighted by Crippen LogP contribution is 2.33. The Morgan fingerprint density at radius 2 is 2.06 bits per heavy atom. The van der Waals surface area contributed by atoms with Crippen LogP contribution in [0.1, 0.15) is 42.5 Å². The molecule has 0 saturated heterocycles. The molecule has 0 unspecified atom stereocenters. The maximum Gasteiger partial charge on any atom is 0.254 e. The van der Waals surface area contributed by atoms with E-state index < -0.39 is 5.54 Å². The Morgan fingerprint density at radius 3 is 2.56 bits per heavy atom. The van der Waals surface area contributed by atoms with E-state index in [9.17, 15) is 9.90 Å². The molecular formula is C12H15Cl2NO2S. The van der Waals surface area contributed by atoms with Crippen LogP contribution >= 0.6 is 34.5 Å². The zero-order chi connectivity index (χ0) is 13.2. The van der Waals surface area contributed by atoms with Crippen LogP contribution in [-0.4, -0.2) is 23.2 Å². The Kier molecular flexibility index (Phi) is 4.54. The lowest BCUT2D eigenvalue weighted by molar-refractivity contribution is 0.0759. The van der Waals surface area contributed by atoms with Crippen LogP contribution in [0.3, 0.4) is 0 Å². The van der Waals surface area contributed by atoms with Gasteiger partial charge >= 0.3 is 0 Å². The molecule has 3 nitrogen and oxygen atoms in total. The lowest BCUT2D eigenvalue weighted by Crippen LogP contribution is -2.52. The van der Waals surface area contributed by atoms with E-state index in [1.807, 2.05) is 0 Å². The third kappa shape index (κ3) is 2.99. The Balaban J connectivity index is 2.12. The Labute approximate surface area is 120 Å². The van der Waals surface area contributed by atoms with Gasteiger partial charge < -0.3 is 10.4 Å². The summed E-state index contributed by atoms with van der Waals surface area (Å²) in [7, 11) is 0. The zero-order valence-corrected chi connectivity index (χ0v) is 12.2. The van der Waals surface area contributed by atoms with Crippen molar-refractivity contribution in [3.8, 4) is 0 Å². The minimum Gasteiger partial charge on any atom is -0.394 e. The van der Waals surface area contributed by atoms with Crippen LogP contribution in [0.2, 0.25) is 8.67 Å². The molecule has 1 aliphatic rings. The van der Waals surface area contributed by atoms with E-state index in [2.05, 4.69) is 5.32 Å². The highest BCUT2D eigenvalue weighted by Gasteiger charge is 2.33. The van der Waals surface area contributed by atoms with Gasteiger partial charge in [-0.2, -0.15) is 0 Å². The van der Waals surface area contributed by atoms with Crippen molar-refractivity contribution in [3.05, 3.63) is 20.3 Å². The molecule has 0 radical (unpaired) electrons. The molecule has 2 N–H and O–H groups in total. The van der Waals surface area contributed by atoms with Crippen LogP contribution in [0.15, 0.2) is 6.07 Å². The van der Waals surface area contributed by atoms with Crippen molar-refractivity contribution in [2.45, 2.75) is 37.6 Å². The smallest absolute Gasteiger partial charge is 0.254 e. The molecule has 0 aliphatic heterocycles. The fraction of sp³-hybridized carbons (Fsp3) is 0.583. The predicted octanol–water partition coefficient (Wildman–Crippen LogP) is 3.48. The highest BCUT2D eigenvalue weighted by molar-refractivity contribution is 7.20. The van der Waals surface area contributed by atoms with Crippen LogP contribution in [0.4, 0.5) is 0 Å². The van der Waals surface area contributed by atoms with Gasteiger partial charge in [-0.15, -0.1) is 11.3 Å². The van der Waals surface area contributed by atoms with Gasteiger partial charge in [0.15, 0.2) is 0 Å². The summed E-state index contributed by atoms with van der Waals surface area (Å²) >= 11 is 13.0. The Bertz CT molecular complexity index is 441. The molecule has 0 bridgehead atoms. The molecule has 1 aromatic heterocycles. The first-order valence-electron chi connectivity index (χ1n) is 5.94. The quantitative estimate of drug-likeness (QED) is 0.898. The van der Waals surface area contributed by atoms with Gasteiger partial charge in [0.1, 0.15) is 4.34 Å². The number of amides is 1. The second kappa shape index (κ2) is 5.78. The van der Waals surface area contributed by atoms with E-state index in [4.69, 9.17) is 23.2 Å². The second-order valence-electron chi connectivity index (χ2n) is 4.69. The summed E-state index contributed by atoms with van der Waals surface area (Å²) in [5.74, 6) is -0.251. The number of rotatable bonds is 3. The van der Waals surface area contributed by atoms with E-state index >= 15 is 0 Å². The van der Waals surface area contributed by atoms with Crippen molar-refractivity contribution in [1.82, 2.24) is 5.32 Å². The molecule has 0 spiro atoms. The van der Waals surface area contributed by atoms with Gasteiger partial charge in [-0.1, -0.05) is 42.5 Å². The van der Waals surface area contributed by atoms with Crippen LogP contribution in [0, 0.1) is 0 Å². The molecule has 1 amide bonds. The predicted molar refractivity (Wildman–Crippen MR) is 74.7 cm³/mol. The van der Waals surface area contributed by atoms with Crippen molar-refractivity contribution < 1.29 is 9.90 Å². The number of nitrogens with one attached hydrogen (secondary N) is 1. The number of aliphatic hydroxyl groups excluding tert-OH is 1. The van der Waals surface area contributed by atoms with Crippen molar-refractivity contribution in [3.63, 3.8) is 0 Å². The normalized spacial score (nSPS) is 18.6. The van der Waals surface area contributed by atoms with Gasteiger partial charge in [0.25, 0.3) is 5.91 Å². The van der Waals surface area contributed by atoms with Crippen LogP contribution < -0.4 is 5.32 Å². The zero-order valence-electron chi connectivity index (χ0n) is 9.84. The molecule has 0 atom stereocenters. The van der Waals surface area contributed by atoms with E-state index in [0.717, 1.165) is 32.1 Å². The van der Waals surface area contributed by atoms with Crippen LogP contribution in [0.5, 0.6) is 0 Å². The third-order valence-electron chi connectivity index (χ3n) is 3.39. The Hall–Kier alpha value is -0.290. The van der Waals surface area contributed by atoms with Crippen LogP contribution in [0.25, 0.3) is 0 Å². The van der Waals surface area contributed by atoms with Gasteiger partial charge in [-0.05, 0) is 18.9 Å². The molecule has 6 heteroatoms. The standard InChI is InChI=1S/C12H15Cl2NO2S/c13-9-6-8(10(14)18-9)11(17)15-12(7-16)4-2-1-3-5-12/h6,16H,1-5,7H2,(H,15,17). The molecule has 18 heavy (non-hydrogen) atoms. The first-order valence-corrected chi connectivity index (χ1v) is 7.52. The van der Waals surface area contributed by atoms with Gasteiger partial charge in [-0.3, -0.25) is 4.79 Å². The first-order chi connectivity index (χ1) is 8.56. The van der Waals surface area contributed by atoms with Crippen LogP contribution in [-0.2, 0) is 0 Å². The number of aliphatic hydroxyl groups is 1. The van der Waals surface area contributed by atoms with Gasteiger partial charge in [0, 0.05) is 0 Å². The molecular weight excluding hydrogens is 293 g/mol. The second-order valence-corrected chi connectivity index (χ2v) is 6.98. The highest BCUT2D eigenvalue weighted by atomic mass is 35.5. The summed E-state index contributed by atoms with van der Waals surface area (Å²) in [6.07, 6.45) is 4.83. The topological polar surface area (TPSA) is 49.3 Å². The average molecular weight is 308 g/mol. The van der Waals surface area contributed by atoms with Gasteiger partial charge in [-0.25, -0.2) is 0 Å². The minimum absolute atomic E-state index is 0.0335. The van der Waals surface area contributed by atoms with E-state index in [1.165, 1.54) is 11.3 Å². The fourth-order valence-corrected chi connectivity index (χ4v) is 3.81. The van der Waals surface area contributed by atoms with E-state index in [0.29, 0.717) is 14.2 Å². The van der Waals surface area contributed by atoms with E-state index in [1.54, 1.807) is 6.07 Å². The third-order valence-corrected chi connectivity index (χ3v) is 4.88. The fourth-order valence-electron chi connectivity index (χ4n) is 2.35. The summed E-state index contributed by atoms with van der Waals surface area (Å²) in [6.45, 7) is -0.0335. The molecule has 0 aromatic carbocycles. The van der Waals surface area contributed by atoms with E-state index in [-0.39, 0.29) is 12.5 Å². The number of halogens is 2. The number of hydrogen-bond acceptors (Lipinski definition) is 3. The minimum atomic E-state index is -0.493. The number of thiophene rings is 1. The summed E-state index contributed by atoms with van der Waals surface area (Å²) < 4.78 is 0.883. The summed E-state index contributed by atoms with van der Waals surface area (Å²) in [6, 6.07) is 1.57. The number of carbonyl (C=O) groups is 1. The Morgan fingerprint density at radius 1 is 1.39 bits per heavy atom. The number of carbonyl (C=O) groups excluding carboxylic acids is 1. The first kappa shape index (κ1) is 14.1. The molecule has 1 fully saturated rings. The van der Waals surface area contributed by atoms with Crippen molar-refractivity contribution in [2.75, 3.05) is 6.61 Å². The number of hydrogen-bond donors (Lipinski definition) is 2. The molecule has 1 aliphatic carbocycles. The molecule has 1 saturated carbocycles. The largest absolute Gasteiger partial charge is 0.394 e. The summed E-state index contributed by atoms with van der Waals surface area (Å²) in [5.41, 5.74) is -0.0994. The average Bonchev–Trinajstić information content (AvgIpc) is 2.70. The molecule has 1 heterocycles. The van der Waals surface area contributed by atoms with Crippen molar-refractivity contribution >= 4 is 40.4 Å². The molecule has 100 valence electrons. The maximum atomic E-state index is 12.2. The van der Waals surface area contributed by atoms with Gasteiger partial charge in [0.05, 0.1) is 22.0 Å². The lowest BCUT2D eigenvalue weighted by atomic mass is 9.82. The van der Waals surface area contributed by atoms with Gasteiger partial charge in [0.2, 0.25) is 0 Å². The molecule has 1 aromatic rings. The summed E-state index contributed by atoms with van der Waals surface area (Å²) in [5, 5.41) is 12.5.